The Balaban J connectivity index is 2.38. The van der Waals surface area contributed by atoms with E-state index in [0.717, 1.165) is 0 Å². The van der Waals surface area contributed by atoms with Gasteiger partial charge < -0.3 is 10.4 Å². The Morgan fingerprint density at radius 2 is 2.25 bits per heavy atom. The number of amides is 2. The van der Waals surface area contributed by atoms with E-state index < -0.39 is 6.04 Å². The Morgan fingerprint density at radius 3 is 2.92 bits per heavy atom. The van der Waals surface area contributed by atoms with Crippen LogP contribution in [0.5, 0.6) is 0 Å². The van der Waals surface area contributed by atoms with Crippen LogP contribution in [-0.4, -0.2) is 36.1 Å². The molecule has 1 aliphatic heterocycles. The fourth-order valence-electron chi connectivity index (χ4n) is 0.951. The summed E-state index contributed by atoms with van der Waals surface area (Å²) in [6, 6.07) is -0.522. The van der Waals surface area contributed by atoms with E-state index in [4.69, 9.17) is 5.11 Å². The van der Waals surface area contributed by atoms with E-state index in [0.29, 0.717) is 6.54 Å². The van der Waals surface area contributed by atoms with E-state index >= 15 is 0 Å². The van der Waals surface area contributed by atoms with Crippen molar-refractivity contribution in [3.05, 3.63) is 0 Å². The lowest BCUT2D eigenvalue weighted by atomic mass is 10.1. The van der Waals surface area contributed by atoms with Gasteiger partial charge in [-0.25, -0.2) is 0 Å². The molecule has 1 heterocycles. The highest BCUT2D eigenvalue weighted by Crippen LogP contribution is 1.95. The number of hydrazine groups is 1. The number of hydrogen-bond acceptors (Lipinski definition) is 4. The van der Waals surface area contributed by atoms with Crippen LogP contribution in [0.1, 0.15) is 6.42 Å². The second kappa shape index (κ2) is 4.03. The first-order chi connectivity index (χ1) is 5.74. The molecule has 0 aromatic carbocycles. The van der Waals surface area contributed by atoms with E-state index in [9.17, 15) is 9.59 Å². The zero-order valence-corrected chi connectivity index (χ0v) is 6.46. The first-order valence-corrected chi connectivity index (χ1v) is 3.67. The molecule has 1 rings (SSSR count). The summed E-state index contributed by atoms with van der Waals surface area (Å²) < 4.78 is 0. The predicted octanol–water partition coefficient (Wildman–Crippen LogP) is -2.51. The van der Waals surface area contributed by atoms with E-state index in [-0.39, 0.29) is 24.8 Å². The van der Waals surface area contributed by atoms with E-state index in [1.54, 1.807) is 0 Å². The lowest BCUT2D eigenvalue weighted by Crippen LogP contribution is -2.58. The summed E-state index contributed by atoms with van der Waals surface area (Å²) in [6.07, 6.45) is 0.117. The molecule has 0 aromatic rings. The van der Waals surface area contributed by atoms with Crippen LogP contribution < -0.4 is 16.2 Å². The molecule has 0 bridgehead atoms. The van der Waals surface area contributed by atoms with Gasteiger partial charge in [0.25, 0.3) is 5.91 Å². The fourth-order valence-corrected chi connectivity index (χ4v) is 0.951. The van der Waals surface area contributed by atoms with Gasteiger partial charge in [-0.1, -0.05) is 0 Å². The molecule has 0 radical (unpaired) electrons. The molecule has 0 spiro atoms. The van der Waals surface area contributed by atoms with Gasteiger partial charge in [0.05, 0.1) is 19.1 Å². The Bertz CT molecular complexity index is 194. The zero-order chi connectivity index (χ0) is 8.97. The summed E-state index contributed by atoms with van der Waals surface area (Å²) in [7, 11) is 0. The first-order valence-electron chi connectivity index (χ1n) is 3.67. The molecule has 0 saturated carbocycles. The number of hydrogen-bond donors (Lipinski definition) is 4. The molecule has 12 heavy (non-hydrogen) atoms. The third-order valence-corrected chi connectivity index (χ3v) is 1.53. The number of aliphatic hydroxyl groups is 1. The molecule has 0 aromatic heterocycles. The maximum atomic E-state index is 11.0. The number of carbonyl (C=O) groups excluding carboxylic acids is 2. The van der Waals surface area contributed by atoms with Gasteiger partial charge >= 0.3 is 0 Å². The molecule has 0 aliphatic carbocycles. The van der Waals surface area contributed by atoms with Crippen molar-refractivity contribution in [3.63, 3.8) is 0 Å². The Labute approximate surface area is 69.3 Å². The standard InChI is InChI=1S/C6H11N3O3/c10-2-1-7-4-3-5(11)8-9-6(4)12/h4,7,10H,1-3H2,(H,8,11)(H,9,12). The van der Waals surface area contributed by atoms with Crippen molar-refractivity contribution in [1.82, 2.24) is 16.2 Å². The summed E-state index contributed by atoms with van der Waals surface area (Å²) in [4.78, 5) is 21.7. The fraction of sp³-hybridized carbons (Fsp3) is 0.667. The average molecular weight is 173 g/mol. The molecule has 4 N–H and O–H groups in total. The van der Waals surface area contributed by atoms with Crippen LogP contribution in [0.2, 0.25) is 0 Å². The lowest BCUT2D eigenvalue weighted by Gasteiger charge is -2.22. The Hall–Kier alpha value is -1.14. The molecule has 2 amide bonds. The van der Waals surface area contributed by atoms with Crippen molar-refractivity contribution in [2.24, 2.45) is 0 Å². The van der Waals surface area contributed by atoms with Crippen molar-refractivity contribution in [1.29, 1.82) is 0 Å². The highest BCUT2D eigenvalue weighted by molar-refractivity contribution is 5.93. The predicted molar refractivity (Wildman–Crippen MR) is 39.8 cm³/mol. The Kier molecular flexibility index (Phi) is 3.01. The highest BCUT2D eigenvalue weighted by atomic mass is 16.3. The van der Waals surface area contributed by atoms with Crippen LogP contribution in [0.3, 0.4) is 0 Å². The maximum Gasteiger partial charge on any atom is 0.256 e. The monoisotopic (exact) mass is 173 g/mol. The molecule has 6 heteroatoms. The van der Waals surface area contributed by atoms with E-state index in [1.165, 1.54) is 0 Å². The number of aliphatic hydroxyl groups excluding tert-OH is 1. The maximum absolute atomic E-state index is 11.0. The van der Waals surface area contributed by atoms with Crippen LogP contribution in [0, 0.1) is 0 Å². The first kappa shape index (κ1) is 8.95. The molecule has 1 saturated heterocycles. The summed E-state index contributed by atoms with van der Waals surface area (Å²) in [5, 5.41) is 11.2. The molecule has 6 nitrogen and oxygen atoms in total. The van der Waals surface area contributed by atoms with Crippen LogP contribution in [0.15, 0.2) is 0 Å². The molecule has 1 aliphatic rings. The second-order valence-electron chi connectivity index (χ2n) is 2.47. The zero-order valence-electron chi connectivity index (χ0n) is 6.46. The molecule has 1 unspecified atom stereocenters. The van der Waals surface area contributed by atoms with Gasteiger partial charge in [-0.05, 0) is 0 Å². The SMILES string of the molecule is O=C1CC(NCCO)C(=O)NN1. The number of rotatable bonds is 3. The van der Waals surface area contributed by atoms with Gasteiger partial charge in [-0.3, -0.25) is 20.4 Å². The van der Waals surface area contributed by atoms with Gasteiger partial charge in [0.15, 0.2) is 0 Å². The van der Waals surface area contributed by atoms with Crippen molar-refractivity contribution < 1.29 is 14.7 Å². The van der Waals surface area contributed by atoms with Crippen LogP contribution in [0.25, 0.3) is 0 Å². The smallest absolute Gasteiger partial charge is 0.256 e. The second-order valence-corrected chi connectivity index (χ2v) is 2.47. The van der Waals surface area contributed by atoms with E-state index in [1.807, 2.05) is 0 Å². The van der Waals surface area contributed by atoms with Crippen molar-refractivity contribution in [2.75, 3.05) is 13.2 Å². The molecular weight excluding hydrogens is 162 g/mol. The largest absolute Gasteiger partial charge is 0.395 e. The van der Waals surface area contributed by atoms with Crippen molar-refractivity contribution in [2.45, 2.75) is 12.5 Å². The average Bonchev–Trinajstić information content (AvgIpc) is 2.07. The lowest BCUT2D eigenvalue weighted by molar-refractivity contribution is -0.136. The molecule has 1 atom stereocenters. The van der Waals surface area contributed by atoms with Gasteiger partial charge in [0.2, 0.25) is 5.91 Å². The van der Waals surface area contributed by atoms with Gasteiger partial charge in [-0.2, -0.15) is 0 Å². The third kappa shape index (κ3) is 2.18. The topological polar surface area (TPSA) is 90.5 Å². The minimum absolute atomic E-state index is 0.0502. The minimum atomic E-state index is -0.522. The molecule has 68 valence electrons. The van der Waals surface area contributed by atoms with Gasteiger partial charge in [0, 0.05) is 6.54 Å². The summed E-state index contributed by atoms with van der Waals surface area (Å²) >= 11 is 0. The van der Waals surface area contributed by atoms with Crippen LogP contribution in [0.4, 0.5) is 0 Å². The van der Waals surface area contributed by atoms with Crippen molar-refractivity contribution >= 4 is 11.8 Å². The summed E-state index contributed by atoms with van der Waals surface area (Å²) in [5.41, 5.74) is 4.41. The normalized spacial score (nSPS) is 23.2. The summed E-state index contributed by atoms with van der Waals surface area (Å²) in [6.45, 7) is 0.261. The quantitative estimate of drug-likeness (QED) is 0.379. The molecular formula is C6H11N3O3. The summed E-state index contributed by atoms with van der Waals surface area (Å²) in [5.74, 6) is -0.506. The molecule has 1 fully saturated rings. The minimum Gasteiger partial charge on any atom is -0.395 e. The number of nitrogens with one attached hydrogen (secondary N) is 3. The number of carbonyl (C=O) groups is 2. The third-order valence-electron chi connectivity index (χ3n) is 1.53. The Morgan fingerprint density at radius 1 is 1.50 bits per heavy atom. The van der Waals surface area contributed by atoms with Gasteiger partial charge in [0.1, 0.15) is 0 Å². The van der Waals surface area contributed by atoms with Gasteiger partial charge in [-0.15, -0.1) is 0 Å². The van der Waals surface area contributed by atoms with Crippen LogP contribution >= 0.6 is 0 Å². The highest BCUT2D eigenvalue weighted by Gasteiger charge is 2.25. The van der Waals surface area contributed by atoms with Crippen molar-refractivity contribution in [3.8, 4) is 0 Å². The van der Waals surface area contributed by atoms with Crippen LogP contribution in [-0.2, 0) is 9.59 Å². The van der Waals surface area contributed by atoms with E-state index in [2.05, 4.69) is 16.2 Å².